The van der Waals surface area contributed by atoms with Crippen molar-refractivity contribution in [1.82, 2.24) is 5.01 Å². The van der Waals surface area contributed by atoms with Crippen LogP contribution in [0.3, 0.4) is 0 Å². The van der Waals surface area contributed by atoms with E-state index < -0.39 is 11.8 Å². The molecule has 0 saturated carbocycles. The molecule has 0 aliphatic carbocycles. The zero-order valence-electron chi connectivity index (χ0n) is 18.9. The fourth-order valence-corrected chi connectivity index (χ4v) is 3.96. The number of carbonyl (C=O) groups is 2. The lowest BCUT2D eigenvalue weighted by molar-refractivity contribution is -0.123. The minimum atomic E-state index is -0.492. The van der Waals surface area contributed by atoms with E-state index >= 15 is 0 Å². The van der Waals surface area contributed by atoms with E-state index in [0.29, 0.717) is 28.2 Å². The van der Waals surface area contributed by atoms with E-state index in [2.05, 4.69) is 5.10 Å². The zero-order valence-corrected chi connectivity index (χ0v) is 18.9. The van der Waals surface area contributed by atoms with Crippen molar-refractivity contribution in [1.29, 1.82) is 0 Å². The first kappa shape index (κ1) is 22.2. The number of fused-ring (bicyclic) bond motifs is 1. The summed E-state index contributed by atoms with van der Waals surface area (Å²) in [6.45, 7) is 1.93. The van der Waals surface area contributed by atoms with Gasteiger partial charge in [0.15, 0.2) is 0 Å². The Hall–Kier alpha value is -4.58. The molecule has 5 rings (SSSR count). The van der Waals surface area contributed by atoms with Crippen LogP contribution in [0.5, 0.6) is 5.75 Å². The quantitative estimate of drug-likeness (QED) is 0.269. The molecule has 1 heterocycles. The van der Waals surface area contributed by atoms with Gasteiger partial charge in [-0.2, -0.15) is 10.1 Å². The van der Waals surface area contributed by atoms with Crippen LogP contribution in [0.25, 0.3) is 16.8 Å². The number of benzene rings is 4. The summed E-state index contributed by atoms with van der Waals surface area (Å²) in [7, 11) is 0. The zero-order chi connectivity index (χ0) is 24.4. The topological polar surface area (TPSA) is 59.0 Å². The second kappa shape index (κ2) is 9.35. The summed E-state index contributed by atoms with van der Waals surface area (Å²) in [5.74, 6) is -0.722. The number of ether oxygens (including phenoxy) is 1. The van der Waals surface area contributed by atoms with E-state index in [1.54, 1.807) is 55.5 Å². The SMILES string of the molecule is CC1=NN(C(=O)c2ccccc2)C(=O)/C1=C/c1c(OCc2ccc(F)cc2)ccc2ccccc12. The van der Waals surface area contributed by atoms with Gasteiger partial charge in [0, 0.05) is 11.1 Å². The molecule has 0 radical (unpaired) electrons. The Bertz CT molecular complexity index is 1490. The Kier molecular flexibility index (Phi) is 5.94. The van der Waals surface area contributed by atoms with Crippen molar-refractivity contribution in [2.75, 3.05) is 0 Å². The molecule has 1 aliphatic heterocycles. The van der Waals surface area contributed by atoms with Crippen LogP contribution >= 0.6 is 0 Å². The van der Waals surface area contributed by atoms with E-state index in [1.807, 2.05) is 36.4 Å². The fraction of sp³-hybridized carbons (Fsp3) is 0.0690. The van der Waals surface area contributed by atoms with Crippen LogP contribution in [0.4, 0.5) is 4.39 Å². The van der Waals surface area contributed by atoms with Gasteiger partial charge in [0.2, 0.25) is 0 Å². The molecule has 0 unspecified atom stereocenters. The molecule has 2 amide bonds. The number of amides is 2. The lowest BCUT2D eigenvalue weighted by Crippen LogP contribution is -2.29. The third-order valence-corrected chi connectivity index (χ3v) is 5.80. The van der Waals surface area contributed by atoms with Gasteiger partial charge in [-0.25, -0.2) is 4.39 Å². The van der Waals surface area contributed by atoms with Crippen LogP contribution < -0.4 is 4.74 Å². The predicted molar refractivity (Wildman–Crippen MR) is 133 cm³/mol. The van der Waals surface area contributed by atoms with Gasteiger partial charge in [0.25, 0.3) is 11.8 Å². The summed E-state index contributed by atoms with van der Waals surface area (Å²) in [5, 5.41) is 7.02. The van der Waals surface area contributed by atoms with E-state index in [9.17, 15) is 14.0 Å². The molecule has 5 nitrogen and oxygen atoms in total. The van der Waals surface area contributed by atoms with Gasteiger partial charge in [-0.15, -0.1) is 0 Å². The summed E-state index contributed by atoms with van der Waals surface area (Å²) >= 11 is 0. The average Bonchev–Trinajstić information content (AvgIpc) is 3.17. The molecule has 35 heavy (non-hydrogen) atoms. The van der Waals surface area contributed by atoms with E-state index in [0.717, 1.165) is 21.3 Å². The molecule has 0 N–H and O–H groups in total. The Morgan fingerprint density at radius 3 is 2.43 bits per heavy atom. The number of carbonyl (C=O) groups excluding carboxylic acids is 2. The molecule has 0 saturated heterocycles. The molecule has 0 fully saturated rings. The Labute approximate surface area is 201 Å². The van der Waals surface area contributed by atoms with E-state index in [4.69, 9.17) is 4.74 Å². The fourth-order valence-electron chi connectivity index (χ4n) is 3.96. The average molecular weight is 464 g/mol. The van der Waals surface area contributed by atoms with Gasteiger partial charge in [-0.3, -0.25) is 9.59 Å². The molecule has 0 bridgehead atoms. The molecular weight excluding hydrogens is 443 g/mol. The number of imide groups is 1. The van der Waals surface area contributed by atoms with Crippen molar-refractivity contribution in [3.63, 3.8) is 0 Å². The number of hydrogen-bond acceptors (Lipinski definition) is 4. The number of hydrazone groups is 1. The third-order valence-electron chi connectivity index (χ3n) is 5.80. The van der Waals surface area contributed by atoms with Crippen molar-refractivity contribution in [3.8, 4) is 5.75 Å². The lowest BCUT2D eigenvalue weighted by atomic mass is 9.99. The van der Waals surface area contributed by atoms with Crippen molar-refractivity contribution in [2.45, 2.75) is 13.5 Å². The van der Waals surface area contributed by atoms with Crippen LogP contribution in [0, 0.1) is 5.82 Å². The first-order valence-electron chi connectivity index (χ1n) is 11.1. The standard InChI is InChI=1S/C29H21FN2O3/c1-19-25(29(34)32(31-19)28(33)22-8-3-2-4-9-22)17-26-24-10-6-5-7-21(24)13-16-27(26)35-18-20-11-14-23(30)15-12-20/h2-17H,18H2,1H3/b25-17+. The van der Waals surface area contributed by atoms with Gasteiger partial charge >= 0.3 is 0 Å². The molecule has 4 aromatic carbocycles. The Morgan fingerprint density at radius 1 is 0.943 bits per heavy atom. The maximum Gasteiger partial charge on any atom is 0.283 e. The normalized spacial score (nSPS) is 14.5. The van der Waals surface area contributed by atoms with Crippen LogP contribution in [0.15, 0.2) is 102 Å². The molecule has 4 aromatic rings. The summed E-state index contributed by atoms with van der Waals surface area (Å²) < 4.78 is 19.4. The number of hydrogen-bond donors (Lipinski definition) is 0. The number of nitrogens with zero attached hydrogens (tertiary/aromatic N) is 2. The molecule has 172 valence electrons. The maximum absolute atomic E-state index is 13.3. The monoisotopic (exact) mass is 464 g/mol. The highest BCUT2D eigenvalue weighted by Crippen LogP contribution is 2.32. The summed E-state index contributed by atoms with van der Waals surface area (Å²) in [6.07, 6.45) is 1.72. The first-order valence-corrected chi connectivity index (χ1v) is 11.1. The second-order valence-electron chi connectivity index (χ2n) is 8.15. The van der Waals surface area contributed by atoms with Crippen LogP contribution in [-0.2, 0) is 11.4 Å². The molecule has 0 atom stereocenters. The molecular formula is C29H21FN2O3. The Balaban J connectivity index is 1.52. The number of halogens is 1. The van der Waals surface area contributed by atoms with E-state index in [-0.39, 0.29) is 12.4 Å². The predicted octanol–water partition coefficient (Wildman–Crippen LogP) is 6.00. The van der Waals surface area contributed by atoms with Gasteiger partial charge in [0.1, 0.15) is 18.2 Å². The maximum atomic E-state index is 13.3. The lowest BCUT2D eigenvalue weighted by Gasteiger charge is -2.13. The Morgan fingerprint density at radius 2 is 1.66 bits per heavy atom. The van der Waals surface area contributed by atoms with Crippen molar-refractivity contribution < 1.29 is 18.7 Å². The minimum absolute atomic E-state index is 0.231. The molecule has 1 aliphatic rings. The summed E-state index contributed by atoms with van der Waals surface area (Å²) in [6, 6.07) is 26.2. The van der Waals surface area contributed by atoms with Crippen molar-refractivity contribution >= 4 is 34.4 Å². The largest absolute Gasteiger partial charge is 0.488 e. The van der Waals surface area contributed by atoms with Crippen LogP contribution in [-0.4, -0.2) is 22.5 Å². The van der Waals surface area contributed by atoms with Gasteiger partial charge in [-0.05, 0) is 59.7 Å². The van der Waals surface area contributed by atoms with Crippen molar-refractivity contribution in [3.05, 3.63) is 119 Å². The highest BCUT2D eigenvalue weighted by molar-refractivity contribution is 6.31. The smallest absolute Gasteiger partial charge is 0.283 e. The van der Waals surface area contributed by atoms with Crippen LogP contribution in [0.1, 0.15) is 28.4 Å². The molecule has 0 aromatic heterocycles. The van der Waals surface area contributed by atoms with Gasteiger partial charge in [-0.1, -0.05) is 60.7 Å². The second-order valence-corrected chi connectivity index (χ2v) is 8.15. The first-order chi connectivity index (χ1) is 17.0. The van der Waals surface area contributed by atoms with Gasteiger partial charge in [0.05, 0.1) is 11.3 Å². The third kappa shape index (κ3) is 4.46. The minimum Gasteiger partial charge on any atom is -0.488 e. The number of rotatable bonds is 5. The molecule has 6 heteroatoms. The highest BCUT2D eigenvalue weighted by atomic mass is 19.1. The summed E-state index contributed by atoms with van der Waals surface area (Å²) in [5.41, 5.74) is 2.66. The van der Waals surface area contributed by atoms with Crippen LogP contribution in [0.2, 0.25) is 0 Å². The highest BCUT2D eigenvalue weighted by Gasteiger charge is 2.33. The summed E-state index contributed by atoms with van der Waals surface area (Å²) in [4.78, 5) is 26.1. The van der Waals surface area contributed by atoms with E-state index in [1.165, 1.54) is 12.1 Å². The van der Waals surface area contributed by atoms with Gasteiger partial charge < -0.3 is 4.74 Å². The van der Waals surface area contributed by atoms with Crippen molar-refractivity contribution in [2.24, 2.45) is 5.10 Å². The molecule has 0 spiro atoms.